The number of benzene rings is 1. The largest absolute Gasteiger partial charge is 0.396 e. The Morgan fingerprint density at radius 1 is 1.33 bits per heavy atom. The second-order valence-corrected chi connectivity index (χ2v) is 5.46. The number of ether oxygens (including phenoxy) is 1. The second-order valence-electron chi connectivity index (χ2n) is 5.46. The summed E-state index contributed by atoms with van der Waals surface area (Å²) in [4.78, 5) is 12.0. The molecule has 0 spiro atoms. The van der Waals surface area contributed by atoms with Crippen LogP contribution in [-0.4, -0.2) is 30.9 Å². The third-order valence-electron chi connectivity index (χ3n) is 3.53. The Balaban J connectivity index is 2.66. The van der Waals surface area contributed by atoms with Gasteiger partial charge in [-0.3, -0.25) is 0 Å². The zero-order valence-corrected chi connectivity index (χ0v) is 13.2. The lowest BCUT2D eigenvalue weighted by molar-refractivity contribution is 0.119. The van der Waals surface area contributed by atoms with Crippen molar-refractivity contribution in [3.05, 3.63) is 29.8 Å². The maximum Gasteiger partial charge on any atom is 0.319 e. The molecule has 2 amide bonds. The second kappa shape index (κ2) is 8.64. The van der Waals surface area contributed by atoms with E-state index in [-0.39, 0.29) is 30.7 Å². The molecular formula is C16H26N2O3. The van der Waals surface area contributed by atoms with Gasteiger partial charge in [-0.05, 0) is 37.0 Å². The van der Waals surface area contributed by atoms with E-state index in [0.29, 0.717) is 6.42 Å². The molecular weight excluding hydrogens is 268 g/mol. The predicted octanol–water partition coefficient (Wildman–Crippen LogP) is 2.92. The minimum atomic E-state index is -0.260. The van der Waals surface area contributed by atoms with Crippen LogP contribution in [-0.2, 0) is 4.74 Å². The smallest absolute Gasteiger partial charge is 0.319 e. The van der Waals surface area contributed by atoms with Crippen molar-refractivity contribution < 1.29 is 14.6 Å². The molecule has 0 aliphatic heterocycles. The summed E-state index contributed by atoms with van der Waals surface area (Å²) in [6.45, 7) is 6.04. The van der Waals surface area contributed by atoms with Crippen molar-refractivity contribution in [3.63, 3.8) is 0 Å². The van der Waals surface area contributed by atoms with Gasteiger partial charge in [-0.2, -0.15) is 0 Å². The lowest BCUT2D eigenvalue weighted by Gasteiger charge is -2.22. The standard InChI is InChI=1S/C16H26N2O3/c1-11(2)15(8-9-19)18-16(20)17-14-7-5-6-13(10-14)12(3)21-4/h5-7,10-12,15,19H,8-9H2,1-4H3,(H2,17,18,20)/t12-,15-/m0/s1. The Morgan fingerprint density at radius 3 is 2.62 bits per heavy atom. The number of anilines is 1. The highest BCUT2D eigenvalue weighted by atomic mass is 16.5. The van der Waals surface area contributed by atoms with E-state index in [1.807, 2.05) is 45.0 Å². The number of carbonyl (C=O) groups excluding carboxylic acids is 1. The molecule has 5 nitrogen and oxygen atoms in total. The highest BCUT2D eigenvalue weighted by Crippen LogP contribution is 2.19. The highest BCUT2D eigenvalue weighted by Gasteiger charge is 2.15. The summed E-state index contributed by atoms with van der Waals surface area (Å²) in [6, 6.07) is 7.26. The van der Waals surface area contributed by atoms with E-state index in [2.05, 4.69) is 10.6 Å². The van der Waals surface area contributed by atoms with Crippen LogP contribution in [0.5, 0.6) is 0 Å². The Labute approximate surface area is 126 Å². The van der Waals surface area contributed by atoms with Crippen LogP contribution >= 0.6 is 0 Å². The molecule has 1 aromatic rings. The van der Waals surface area contributed by atoms with Crippen LogP contribution in [0.2, 0.25) is 0 Å². The van der Waals surface area contributed by atoms with E-state index in [0.717, 1.165) is 11.3 Å². The van der Waals surface area contributed by atoms with Gasteiger partial charge in [0.2, 0.25) is 0 Å². The highest BCUT2D eigenvalue weighted by molar-refractivity contribution is 5.89. The number of amides is 2. The van der Waals surface area contributed by atoms with Crippen molar-refractivity contribution in [1.29, 1.82) is 0 Å². The average molecular weight is 294 g/mol. The molecule has 0 saturated carbocycles. The Bertz CT molecular complexity index is 449. The molecule has 0 radical (unpaired) electrons. The lowest BCUT2D eigenvalue weighted by atomic mass is 10.0. The number of methoxy groups -OCH3 is 1. The van der Waals surface area contributed by atoms with E-state index in [1.165, 1.54) is 0 Å². The van der Waals surface area contributed by atoms with Gasteiger partial charge in [0.15, 0.2) is 0 Å². The van der Waals surface area contributed by atoms with Gasteiger partial charge in [-0.1, -0.05) is 26.0 Å². The van der Waals surface area contributed by atoms with Gasteiger partial charge in [0.05, 0.1) is 6.10 Å². The van der Waals surface area contributed by atoms with Crippen molar-refractivity contribution in [2.75, 3.05) is 19.0 Å². The van der Waals surface area contributed by atoms with E-state index >= 15 is 0 Å². The summed E-state index contributed by atoms with van der Waals surface area (Å²) in [7, 11) is 1.65. The number of carbonyl (C=O) groups is 1. The fourth-order valence-electron chi connectivity index (χ4n) is 2.05. The molecule has 0 aliphatic carbocycles. The number of urea groups is 1. The third-order valence-corrected chi connectivity index (χ3v) is 3.53. The van der Waals surface area contributed by atoms with E-state index in [1.54, 1.807) is 7.11 Å². The zero-order chi connectivity index (χ0) is 15.8. The van der Waals surface area contributed by atoms with Gasteiger partial charge < -0.3 is 20.5 Å². The molecule has 0 heterocycles. The molecule has 0 saturated heterocycles. The van der Waals surface area contributed by atoms with Crippen LogP contribution in [0.15, 0.2) is 24.3 Å². The number of nitrogens with one attached hydrogen (secondary N) is 2. The van der Waals surface area contributed by atoms with E-state index < -0.39 is 0 Å². The molecule has 5 heteroatoms. The molecule has 2 atom stereocenters. The van der Waals surface area contributed by atoms with Crippen LogP contribution in [0.4, 0.5) is 10.5 Å². The summed E-state index contributed by atoms with van der Waals surface area (Å²) < 4.78 is 5.27. The maximum absolute atomic E-state index is 12.0. The van der Waals surface area contributed by atoms with E-state index in [9.17, 15) is 4.79 Å². The predicted molar refractivity (Wildman–Crippen MR) is 84.3 cm³/mol. The minimum Gasteiger partial charge on any atom is -0.396 e. The molecule has 0 bridgehead atoms. The van der Waals surface area contributed by atoms with Crippen molar-refractivity contribution >= 4 is 11.7 Å². The first kappa shape index (κ1) is 17.5. The third kappa shape index (κ3) is 5.73. The summed E-state index contributed by atoms with van der Waals surface area (Å²) in [6.07, 6.45) is 0.527. The Kier molecular flexibility index (Phi) is 7.19. The van der Waals surface area contributed by atoms with Gasteiger partial charge >= 0.3 is 6.03 Å². The van der Waals surface area contributed by atoms with Gasteiger partial charge in [0.25, 0.3) is 0 Å². The molecule has 0 unspecified atom stereocenters. The topological polar surface area (TPSA) is 70.6 Å². The number of hydrogen-bond acceptors (Lipinski definition) is 3. The zero-order valence-electron chi connectivity index (χ0n) is 13.2. The molecule has 0 aromatic heterocycles. The molecule has 0 fully saturated rings. The fourth-order valence-corrected chi connectivity index (χ4v) is 2.05. The summed E-state index contributed by atoms with van der Waals surface area (Å²) in [5.74, 6) is 0.266. The van der Waals surface area contributed by atoms with Gasteiger partial charge in [-0.15, -0.1) is 0 Å². The van der Waals surface area contributed by atoms with Gasteiger partial charge in [0, 0.05) is 25.4 Å². The van der Waals surface area contributed by atoms with Crippen LogP contribution in [0.1, 0.15) is 38.9 Å². The van der Waals surface area contributed by atoms with Crippen molar-refractivity contribution in [2.24, 2.45) is 5.92 Å². The molecule has 1 rings (SSSR count). The minimum absolute atomic E-state index is 0.0207. The molecule has 1 aromatic carbocycles. The summed E-state index contributed by atoms with van der Waals surface area (Å²) in [5.41, 5.74) is 1.73. The van der Waals surface area contributed by atoms with Gasteiger partial charge in [-0.25, -0.2) is 4.79 Å². The quantitative estimate of drug-likeness (QED) is 0.724. The number of aliphatic hydroxyl groups is 1. The number of rotatable bonds is 7. The fraction of sp³-hybridized carbons (Fsp3) is 0.562. The summed E-state index contributed by atoms with van der Waals surface area (Å²) in [5, 5.41) is 14.7. The average Bonchev–Trinajstić information content (AvgIpc) is 2.46. The molecule has 118 valence electrons. The van der Waals surface area contributed by atoms with Crippen LogP contribution < -0.4 is 10.6 Å². The molecule has 3 N–H and O–H groups in total. The first-order chi connectivity index (χ1) is 9.97. The maximum atomic E-state index is 12.0. The monoisotopic (exact) mass is 294 g/mol. The lowest BCUT2D eigenvalue weighted by Crippen LogP contribution is -2.41. The molecule has 21 heavy (non-hydrogen) atoms. The van der Waals surface area contributed by atoms with Gasteiger partial charge in [0.1, 0.15) is 0 Å². The SMILES string of the molecule is CO[C@@H](C)c1cccc(NC(=O)N[C@@H](CCO)C(C)C)c1. The first-order valence-corrected chi connectivity index (χ1v) is 7.29. The first-order valence-electron chi connectivity index (χ1n) is 7.29. The van der Waals surface area contributed by atoms with Crippen LogP contribution in [0.3, 0.4) is 0 Å². The van der Waals surface area contributed by atoms with Crippen molar-refractivity contribution in [2.45, 2.75) is 39.3 Å². The number of aliphatic hydroxyl groups excluding tert-OH is 1. The van der Waals surface area contributed by atoms with E-state index in [4.69, 9.17) is 9.84 Å². The normalized spacial score (nSPS) is 13.8. The van der Waals surface area contributed by atoms with Crippen LogP contribution in [0, 0.1) is 5.92 Å². The Hall–Kier alpha value is -1.59. The van der Waals surface area contributed by atoms with Crippen LogP contribution in [0.25, 0.3) is 0 Å². The Morgan fingerprint density at radius 2 is 2.05 bits per heavy atom. The summed E-state index contributed by atoms with van der Waals surface area (Å²) >= 11 is 0. The number of hydrogen-bond donors (Lipinski definition) is 3. The molecule has 0 aliphatic rings. The van der Waals surface area contributed by atoms with Crippen molar-refractivity contribution in [1.82, 2.24) is 5.32 Å². The van der Waals surface area contributed by atoms with Crippen molar-refractivity contribution in [3.8, 4) is 0 Å².